The molecule has 1 aromatic heterocycles. The van der Waals surface area contributed by atoms with Crippen LogP contribution in [0.4, 0.5) is 0 Å². The van der Waals surface area contributed by atoms with Crippen molar-refractivity contribution in [2.45, 2.75) is 26.2 Å². The molecule has 0 aliphatic rings. The van der Waals surface area contributed by atoms with Crippen LogP contribution < -0.4 is 5.56 Å². The van der Waals surface area contributed by atoms with Gasteiger partial charge in [-0.25, -0.2) is 0 Å². The number of aromatic nitrogens is 2. The number of para-hydroxylation sites is 1. The first kappa shape index (κ1) is 14.7. The quantitative estimate of drug-likeness (QED) is 0.720. The summed E-state index contributed by atoms with van der Waals surface area (Å²) in [5.41, 5.74) is 2.75. The summed E-state index contributed by atoms with van der Waals surface area (Å²) in [4.78, 5) is 15.8. The topological polar surface area (TPSA) is 37.8 Å². The number of rotatable bonds is 3. The minimum Gasteiger partial charge on any atom is -0.331 e. The van der Waals surface area contributed by atoms with E-state index in [2.05, 4.69) is 31.0 Å². The zero-order chi connectivity index (χ0) is 15.7. The van der Waals surface area contributed by atoms with E-state index in [9.17, 15) is 4.79 Å². The van der Waals surface area contributed by atoms with E-state index in [1.165, 1.54) is 5.56 Å². The molecule has 0 aliphatic carbocycles. The van der Waals surface area contributed by atoms with Gasteiger partial charge in [0.1, 0.15) is 0 Å². The predicted octanol–water partition coefficient (Wildman–Crippen LogP) is 4.56. The number of hydrogen-bond acceptors (Lipinski definition) is 2. The Labute approximate surface area is 134 Å². The van der Waals surface area contributed by atoms with Crippen LogP contribution in [0.15, 0.2) is 53.3 Å². The molecule has 0 fully saturated rings. The molecular weight excluding hydrogens is 292 g/mol. The summed E-state index contributed by atoms with van der Waals surface area (Å²) in [6.07, 6.45) is 1.09. The van der Waals surface area contributed by atoms with Crippen molar-refractivity contribution < 1.29 is 0 Å². The van der Waals surface area contributed by atoms with Crippen LogP contribution in [0.5, 0.6) is 0 Å². The minimum absolute atomic E-state index is 0.0874. The van der Waals surface area contributed by atoms with Gasteiger partial charge < -0.3 is 4.98 Å². The normalized spacial score (nSPS) is 12.5. The second-order valence-corrected chi connectivity index (χ2v) is 5.90. The van der Waals surface area contributed by atoms with Crippen LogP contribution in [-0.2, 0) is 0 Å². The van der Waals surface area contributed by atoms with Gasteiger partial charge in [-0.05, 0) is 54.4 Å². The van der Waals surface area contributed by atoms with E-state index in [1.54, 1.807) is 4.57 Å². The smallest absolute Gasteiger partial charge is 0.266 e. The fourth-order valence-corrected chi connectivity index (χ4v) is 2.88. The third-order valence-corrected chi connectivity index (χ3v) is 4.42. The zero-order valence-electron chi connectivity index (χ0n) is 12.7. The zero-order valence-corrected chi connectivity index (χ0v) is 13.5. The highest BCUT2D eigenvalue weighted by atomic mass is 32.1. The Bertz CT molecular complexity index is 922. The van der Waals surface area contributed by atoms with Crippen molar-refractivity contribution in [1.29, 1.82) is 0 Å². The van der Waals surface area contributed by atoms with Crippen molar-refractivity contribution in [3.63, 3.8) is 0 Å². The van der Waals surface area contributed by atoms with E-state index in [-0.39, 0.29) is 5.56 Å². The maximum absolute atomic E-state index is 12.7. The maximum Gasteiger partial charge on any atom is 0.266 e. The molecule has 0 saturated carbocycles. The second kappa shape index (κ2) is 5.89. The van der Waals surface area contributed by atoms with Gasteiger partial charge in [0.15, 0.2) is 4.77 Å². The first-order chi connectivity index (χ1) is 10.6. The molecule has 0 unspecified atom stereocenters. The van der Waals surface area contributed by atoms with Crippen molar-refractivity contribution in [2.24, 2.45) is 0 Å². The van der Waals surface area contributed by atoms with E-state index in [4.69, 9.17) is 12.2 Å². The summed E-state index contributed by atoms with van der Waals surface area (Å²) in [6.45, 7) is 4.37. The lowest BCUT2D eigenvalue weighted by Gasteiger charge is -2.11. The molecule has 112 valence electrons. The summed E-state index contributed by atoms with van der Waals surface area (Å²) in [6, 6.07) is 15.5. The Morgan fingerprint density at radius 3 is 2.50 bits per heavy atom. The van der Waals surface area contributed by atoms with E-state index in [0.717, 1.165) is 17.6 Å². The standard InChI is InChI=1S/C18H18N2OS/c1-3-12(2)13-8-10-14(11-9-13)20-17(21)15-6-4-5-7-16(15)19-18(20)22/h4-12H,3H2,1-2H3,(H,19,22)/t12-/m1/s1. The van der Waals surface area contributed by atoms with E-state index in [0.29, 0.717) is 16.1 Å². The fourth-order valence-electron chi connectivity index (χ4n) is 2.58. The van der Waals surface area contributed by atoms with Crippen LogP contribution in [0.25, 0.3) is 16.6 Å². The molecule has 2 aromatic carbocycles. The molecule has 1 heterocycles. The molecule has 4 heteroatoms. The number of hydrogen-bond donors (Lipinski definition) is 1. The average molecular weight is 310 g/mol. The van der Waals surface area contributed by atoms with E-state index >= 15 is 0 Å². The monoisotopic (exact) mass is 310 g/mol. The number of nitrogens with one attached hydrogen (secondary N) is 1. The first-order valence-electron chi connectivity index (χ1n) is 7.46. The number of nitrogens with zero attached hydrogens (tertiary/aromatic N) is 1. The first-order valence-corrected chi connectivity index (χ1v) is 7.87. The summed E-state index contributed by atoms with van der Waals surface area (Å²) in [5.74, 6) is 0.511. The molecule has 0 amide bonds. The van der Waals surface area contributed by atoms with Gasteiger partial charge in [0.05, 0.1) is 16.6 Å². The Balaban J connectivity index is 2.18. The molecule has 3 nitrogen and oxygen atoms in total. The van der Waals surface area contributed by atoms with E-state index < -0.39 is 0 Å². The molecule has 0 radical (unpaired) electrons. The molecule has 0 saturated heterocycles. The van der Waals surface area contributed by atoms with Gasteiger partial charge in [0.25, 0.3) is 5.56 Å². The molecule has 22 heavy (non-hydrogen) atoms. The van der Waals surface area contributed by atoms with Crippen LogP contribution in [-0.4, -0.2) is 9.55 Å². The lowest BCUT2D eigenvalue weighted by Crippen LogP contribution is -2.20. The Kier molecular flexibility index (Phi) is 3.94. The van der Waals surface area contributed by atoms with Gasteiger partial charge in [0.2, 0.25) is 0 Å². The lowest BCUT2D eigenvalue weighted by atomic mass is 9.98. The predicted molar refractivity (Wildman–Crippen MR) is 93.4 cm³/mol. The highest BCUT2D eigenvalue weighted by molar-refractivity contribution is 7.71. The van der Waals surface area contributed by atoms with Gasteiger partial charge in [-0.3, -0.25) is 9.36 Å². The summed E-state index contributed by atoms with van der Waals surface area (Å²) in [5, 5.41) is 0.641. The molecule has 3 aromatic rings. The van der Waals surface area contributed by atoms with Crippen molar-refractivity contribution >= 4 is 23.1 Å². The van der Waals surface area contributed by atoms with Gasteiger partial charge in [0, 0.05) is 0 Å². The van der Waals surface area contributed by atoms with Crippen molar-refractivity contribution in [3.05, 3.63) is 69.2 Å². The Morgan fingerprint density at radius 2 is 1.82 bits per heavy atom. The summed E-state index contributed by atoms with van der Waals surface area (Å²) >= 11 is 5.36. The fraction of sp³-hybridized carbons (Fsp3) is 0.222. The van der Waals surface area contributed by atoms with Crippen LogP contribution >= 0.6 is 12.2 Å². The summed E-state index contributed by atoms with van der Waals surface area (Å²) in [7, 11) is 0. The number of fused-ring (bicyclic) bond motifs is 1. The van der Waals surface area contributed by atoms with E-state index in [1.807, 2.05) is 36.4 Å². The third kappa shape index (κ3) is 2.50. The van der Waals surface area contributed by atoms with Crippen LogP contribution in [0.2, 0.25) is 0 Å². The van der Waals surface area contributed by atoms with Gasteiger partial charge in [-0.1, -0.05) is 38.1 Å². The number of H-pyrrole nitrogens is 1. The average Bonchev–Trinajstić information content (AvgIpc) is 2.55. The second-order valence-electron chi connectivity index (χ2n) is 5.52. The minimum atomic E-state index is -0.0874. The largest absolute Gasteiger partial charge is 0.331 e. The van der Waals surface area contributed by atoms with Gasteiger partial charge in [-0.15, -0.1) is 0 Å². The van der Waals surface area contributed by atoms with Gasteiger partial charge >= 0.3 is 0 Å². The highest BCUT2D eigenvalue weighted by Gasteiger charge is 2.08. The van der Waals surface area contributed by atoms with Gasteiger partial charge in [-0.2, -0.15) is 0 Å². The van der Waals surface area contributed by atoms with Crippen LogP contribution in [0.3, 0.4) is 0 Å². The Morgan fingerprint density at radius 1 is 1.14 bits per heavy atom. The SMILES string of the molecule is CC[C@@H](C)c1ccc(-n2c(=S)[nH]c3ccccc3c2=O)cc1. The van der Waals surface area contributed by atoms with Crippen molar-refractivity contribution in [3.8, 4) is 5.69 Å². The molecular formula is C18H18N2OS. The van der Waals surface area contributed by atoms with Crippen LogP contribution in [0, 0.1) is 4.77 Å². The van der Waals surface area contributed by atoms with Crippen molar-refractivity contribution in [1.82, 2.24) is 9.55 Å². The lowest BCUT2D eigenvalue weighted by molar-refractivity contribution is 0.733. The Hall–Kier alpha value is -2.20. The van der Waals surface area contributed by atoms with Crippen LogP contribution in [0.1, 0.15) is 31.7 Å². The number of benzene rings is 2. The third-order valence-electron chi connectivity index (χ3n) is 4.14. The molecule has 1 N–H and O–H groups in total. The molecule has 1 atom stereocenters. The molecule has 0 bridgehead atoms. The van der Waals surface area contributed by atoms with Crippen molar-refractivity contribution in [2.75, 3.05) is 0 Å². The summed E-state index contributed by atoms with van der Waals surface area (Å²) < 4.78 is 1.97. The maximum atomic E-state index is 12.7. The molecule has 0 aliphatic heterocycles. The number of aromatic amines is 1. The highest BCUT2D eigenvalue weighted by Crippen LogP contribution is 2.20. The molecule has 3 rings (SSSR count). The molecule has 0 spiro atoms.